The third-order valence-electron chi connectivity index (χ3n) is 3.16. The van der Waals surface area contributed by atoms with Gasteiger partial charge in [-0.25, -0.2) is 0 Å². The van der Waals surface area contributed by atoms with E-state index in [1.54, 1.807) is 0 Å². The summed E-state index contributed by atoms with van der Waals surface area (Å²) >= 11 is 0. The first-order valence-electron chi connectivity index (χ1n) is 7.40. The lowest BCUT2D eigenvalue weighted by molar-refractivity contribution is 0.116. The summed E-state index contributed by atoms with van der Waals surface area (Å²) in [5.74, 6) is 0. The molecule has 18 heavy (non-hydrogen) atoms. The number of unbranched alkanes of at least 4 members (excludes halogenated alkanes) is 7. The Bertz CT molecular complexity index is 274. The molecule has 0 N–H and O–H groups in total. The second-order valence-electron chi connectivity index (χ2n) is 4.88. The van der Waals surface area contributed by atoms with Crippen LogP contribution in [0.15, 0.2) is 24.5 Å². The zero-order valence-corrected chi connectivity index (χ0v) is 11.7. The number of hydrogen-bond acceptors (Lipinski definition) is 2. The van der Waals surface area contributed by atoms with Gasteiger partial charge in [0.1, 0.15) is 0 Å². The van der Waals surface area contributed by atoms with Crippen molar-refractivity contribution in [2.45, 2.75) is 64.9 Å². The molecular formula is C16H27NO. The molecule has 0 saturated carbocycles. The molecule has 0 aromatic carbocycles. The van der Waals surface area contributed by atoms with Crippen LogP contribution in [0.25, 0.3) is 0 Å². The Labute approximate surface area is 112 Å². The lowest BCUT2D eigenvalue weighted by atomic mass is 10.1. The summed E-state index contributed by atoms with van der Waals surface area (Å²) in [6.07, 6.45) is 14.4. The summed E-state index contributed by atoms with van der Waals surface area (Å²) in [5, 5.41) is 0. The first-order chi connectivity index (χ1) is 8.93. The highest BCUT2D eigenvalue weighted by Gasteiger charge is 1.94. The molecule has 1 heterocycles. The van der Waals surface area contributed by atoms with Gasteiger partial charge in [-0.3, -0.25) is 4.98 Å². The van der Waals surface area contributed by atoms with E-state index in [9.17, 15) is 0 Å². The van der Waals surface area contributed by atoms with E-state index in [2.05, 4.69) is 11.9 Å². The Balaban J connectivity index is 1.82. The van der Waals surface area contributed by atoms with E-state index in [1.807, 2.05) is 24.5 Å². The maximum absolute atomic E-state index is 5.64. The van der Waals surface area contributed by atoms with Crippen molar-refractivity contribution in [2.24, 2.45) is 0 Å². The van der Waals surface area contributed by atoms with E-state index in [1.165, 1.54) is 56.9 Å². The van der Waals surface area contributed by atoms with E-state index in [4.69, 9.17) is 4.74 Å². The van der Waals surface area contributed by atoms with Gasteiger partial charge in [0.05, 0.1) is 6.61 Å². The lowest BCUT2D eigenvalue weighted by Gasteiger charge is -2.04. The zero-order chi connectivity index (χ0) is 12.9. The van der Waals surface area contributed by atoms with E-state index in [0.29, 0.717) is 0 Å². The number of hydrogen-bond donors (Lipinski definition) is 0. The van der Waals surface area contributed by atoms with Crippen molar-refractivity contribution in [3.05, 3.63) is 30.1 Å². The summed E-state index contributed by atoms with van der Waals surface area (Å²) < 4.78 is 5.64. The van der Waals surface area contributed by atoms with E-state index >= 15 is 0 Å². The summed E-state index contributed by atoms with van der Waals surface area (Å²) in [7, 11) is 0. The van der Waals surface area contributed by atoms with E-state index in [-0.39, 0.29) is 0 Å². The molecule has 0 atom stereocenters. The molecule has 0 amide bonds. The zero-order valence-electron chi connectivity index (χ0n) is 11.7. The van der Waals surface area contributed by atoms with Gasteiger partial charge in [0.15, 0.2) is 0 Å². The third kappa shape index (κ3) is 8.24. The van der Waals surface area contributed by atoms with Gasteiger partial charge in [-0.05, 0) is 24.1 Å². The summed E-state index contributed by atoms with van der Waals surface area (Å²) in [6.45, 7) is 3.87. The van der Waals surface area contributed by atoms with Crippen molar-refractivity contribution < 1.29 is 4.74 Å². The molecule has 0 unspecified atom stereocenters. The van der Waals surface area contributed by atoms with Gasteiger partial charge in [0, 0.05) is 19.0 Å². The Kier molecular flexibility index (Phi) is 9.45. The number of ether oxygens (including phenoxy) is 1. The molecule has 1 aromatic heterocycles. The van der Waals surface area contributed by atoms with Crippen LogP contribution in [0.2, 0.25) is 0 Å². The van der Waals surface area contributed by atoms with Crippen LogP contribution >= 0.6 is 0 Å². The Morgan fingerprint density at radius 1 is 0.889 bits per heavy atom. The monoisotopic (exact) mass is 249 g/mol. The third-order valence-corrected chi connectivity index (χ3v) is 3.16. The molecule has 0 bridgehead atoms. The van der Waals surface area contributed by atoms with Crippen LogP contribution in [0, 0.1) is 0 Å². The first kappa shape index (κ1) is 15.2. The van der Waals surface area contributed by atoms with Crippen LogP contribution in [-0.2, 0) is 11.3 Å². The minimum atomic E-state index is 0.721. The van der Waals surface area contributed by atoms with Crippen LogP contribution in [0.3, 0.4) is 0 Å². The van der Waals surface area contributed by atoms with Crippen molar-refractivity contribution in [3.8, 4) is 0 Å². The molecule has 0 saturated heterocycles. The van der Waals surface area contributed by atoms with Gasteiger partial charge in [0.25, 0.3) is 0 Å². The average molecular weight is 249 g/mol. The predicted molar refractivity (Wildman–Crippen MR) is 76.5 cm³/mol. The van der Waals surface area contributed by atoms with E-state index in [0.717, 1.165) is 13.2 Å². The normalized spacial score (nSPS) is 10.7. The molecule has 102 valence electrons. The molecule has 0 aliphatic rings. The number of pyridine rings is 1. The molecule has 0 aliphatic heterocycles. The number of nitrogens with zero attached hydrogens (tertiary/aromatic N) is 1. The summed E-state index contributed by atoms with van der Waals surface area (Å²) in [4.78, 5) is 3.99. The maximum Gasteiger partial charge on any atom is 0.0717 e. The highest BCUT2D eigenvalue weighted by Crippen LogP contribution is 2.08. The van der Waals surface area contributed by atoms with Crippen LogP contribution in [0.1, 0.15) is 63.9 Å². The van der Waals surface area contributed by atoms with Crippen LogP contribution in [0.4, 0.5) is 0 Å². The smallest absolute Gasteiger partial charge is 0.0717 e. The Morgan fingerprint density at radius 2 is 1.50 bits per heavy atom. The minimum Gasteiger partial charge on any atom is -0.377 e. The maximum atomic E-state index is 5.64. The standard InChI is InChI=1S/C16H27NO/c1-2-3-4-5-6-7-8-9-14-18-15-16-10-12-17-13-11-16/h10-13H,2-9,14-15H2,1H3. The fourth-order valence-electron chi connectivity index (χ4n) is 2.01. The molecule has 0 fully saturated rings. The second kappa shape index (κ2) is 11.2. The topological polar surface area (TPSA) is 22.1 Å². The van der Waals surface area contributed by atoms with Crippen LogP contribution in [0.5, 0.6) is 0 Å². The van der Waals surface area contributed by atoms with Crippen LogP contribution in [-0.4, -0.2) is 11.6 Å². The summed E-state index contributed by atoms with van der Waals surface area (Å²) in [6, 6.07) is 4.02. The van der Waals surface area contributed by atoms with Crippen molar-refractivity contribution in [1.29, 1.82) is 0 Å². The van der Waals surface area contributed by atoms with Crippen molar-refractivity contribution in [2.75, 3.05) is 6.61 Å². The van der Waals surface area contributed by atoms with Gasteiger partial charge in [-0.15, -0.1) is 0 Å². The van der Waals surface area contributed by atoms with Crippen molar-refractivity contribution in [3.63, 3.8) is 0 Å². The molecular weight excluding hydrogens is 222 g/mol. The first-order valence-corrected chi connectivity index (χ1v) is 7.40. The Hall–Kier alpha value is -0.890. The fraction of sp³-hybridized carbons (Fsp3) is 0.688. The minimum absolute atomic E-state index is 0.721. The van der Waals surface area contributed by atoms with Crippen molar-refractivity contribution in [1.82, 2.24) is 4.98 Å². The second-order valence-corrected chi connectivity index (χ2v) is 4.88. The van der Waals surface area contributed by atoms with E-state index < -0.39 is 0 Å². The van der Waals surface area contributed by atoms with Gasteiger partial charge in [-0.1, -0.05) is 51.9 Å². The highest BCUT2D eigenvalue weighted by molar-refractivity contribution is 5.07. The largest absolute Gasteiger partial charge is 0.377 e. The molecule has 0 aliphatic carbocycles. The SMILES string of the molecule is CCCCCCCCCCOCc1ccncc1. The highest BCUT2D eigenvalue weighted by atomic mass is 16.5. The molecule has 1 rings (SSSR count). The summed E-state index contributed by atoms with van der Waals surface area (Å²) in [5.41, 5.74) is 1.21. The van der Waals surface area contributed by atoms with Gasteiger partial charge >= 0.3 is 0 Å². The fourth-order valence-corrected chi connectivity index (χ4v) is 2.01. The lowest BCUT2D eigenvalue weighted by Crippen LogP contribution is -1.95. The van der Waals surface area contributed by atoms with Crippen LogP contribution < -0.4 is 0 Å². The molecule has 0 spiro atoms. The number of rotatable bonds is 11. The molecule has 1 aromatic rings. The molecule has 0 radical (unpaired) electrons. The molecule has 2 heteroatoms. The van der Waals surface area contributed by atoms with Crippen molar-refractivity contribution >= 4 is 0 Å². The average Bonchev–Trinajstić information content (AvgIpc) is 2.42. The van der Waals surface area contributed by atoms with Gasteiger partial charge in [0.2, 0.25) is 0 Å². The van der Waals surface area contributed by atoms with Gasteiger partial charge < -0.3 is 4.74 Å². The van der Waals surface area contributed by atoms with Gasteiger partial charge in [-0.2, -0.15) is 0 Å². The number of aromatic nitrogens is 1. The predicted octanol–water partition coefficient (Wildman–Crippen LogP) is 4.74. The Morgan fingerprint density at radius 3 is 2.17 bits per heavy atom. The quantitative estimate of drug-likeness (QED) is 0.528. The molecule has 2 nitrogen and oxygen atoms in total.